The SMILES string of the molecule is CCOc1ccccc1OCCN(C)C(C)CN.Cl. The van der Waals surface area contributed by atoms with Crippen LogP contribution in [0.3, 0.4) is 0 Å². The van der Waals surface area contributed by atoms with E-state index in [1.807, 2.05) is 31.2 Å². The van der Waals surface area contributed by atoms with Crippen LogP contribution in [0, 0.1) is 0 Å². The van der Waals surface area contributed by atoms with Gasteiger partial charge >= 0.3 is 0 Å². The fourth-order valence-electron chi connectivity index (χ4n) is 1.54. The van der Waals surface area contributed by atoms with Gasteiger partial charge in [0, 0.05) is 19.1 Å². The molecule has 2 N–H and O–H groups in total. The number of likely N-dealkylation sites (N-methyl/N-ethyl adjacent to an activating group) is 1. The first-order chi connectivity index (χ1) is 8.69. The maximum Gasteiger partial charge on any atom is 0.161 e. The van der Waals surface area contributed by atoms with Gasteiger partial charge in [-0.3, -0.25) is 4.90 Å². The number of hydrogen-bond acceptors (Lipinski definition) is 4. The second-order valence-electron chi connectivity index (χ2n) is 4.29. The monoisotopic (exact) mass is 288 g/mol. The van der Waals surface area contributed by atoms with Crippen molar-refractivity contribution < 1.29 is 9.47 Å². The molecule has 0 aliphatic carbocycles. The number of ether oxygens (including phenoxy) is 2. The minimum Gasteiger partial charge on any atom is -0.490 e. The Labute approximate surface area is 122 Å². The van der Waals surface area contributed by atoms with Crippen molar-refractivity contribution in [1.82, 2.24) is 4.90 Å². The summed E-state index contributed by atoms with van der Waals surface area (Å²) in [4.78, 5) is 2.18. The maximum atomic E-state index is 5.75. The van der Waals surface area contributed by atoms with Gasteiger partial charge in [0.15, 0.2) is 11.5 Å². The van der Waals surface area contributed by atoms with Crippen LogP contribution in [0.4, 0.5) is 0 Å². The summed E-state index contributed by atoms with van der Waals surface area (Å²) in [6, 6.07) is 8.11. The smallest absolute Gasteiger partial charge is 0.161 e. The molecule has 19 heavy (non-hydrogen) atoms. The van der Waals surface area contributed by atoms with Crippen molar-refractivity contribution >= 4 is 12.4 Å². The zero-order valence-electron chi connectivity index (χ0n) is 12.0. The normalized spacial score (nSPS) is 11.8. The molecule has 1 atom stereocenters. The Morgan fingerprint density at radius 1 is 1.21 bits per heavy atom. The Morgan fingerprint density at radius 2 is 1.79 bits per heavy atom. The summed E-state index contributed by atoms with van der Waals surface area (Å²) >= 11 is 0. The van der Waals surface area contributed by atoms with E-state index in [1.165, 1.54) is 0 Å². The lowest BCUT2D eigenvalue weighted by molar-refractivity contribution is 0.197. The standard InChI is InChI=1S/C14H24N2O2.ClH/c1-4-17-13-7-5-6-8-14(13)18-10-9-16(3)12(2)11-15;/h5-8,12H,4,9-11,15H2,1-3H3;1H. The molecule has 1 aromatic carbocycles. The molecule has 1 unspecified atom stereocenters. The van der Waals surface area contributed by atoms with Crippen molar-refractivity contribution in [3.05, 3.63) is 24.3 Å². The van der Waals surface area contributed by atoms with Crippen molar-refractivity contribution in [3.63, 3.8) is 0 Å². The third-order valence-electron chi connectivity index (χ3n) is 2.94. The molecule has 0 fully saturated rings. The highest BCUT2D eigenvalue weighted by Gasteiger charge is 2.08. The summed E-state index contributed by atoms with van der Waals surface area (Å²) in [6.07, 6.45) is 0. The first kappa shape index (κ1) is 18.0. The van der Waals surface area contributed by atoms with Crippen molar-refractivity contribution in [2.45, 2.75) is 19.9 Å². The lowest BCUT2D eigenvalue weighted by Gasteiger charge is -2.23. The highest BCUT2D eigenvalue weighted by molar-refractivity contribution is 5.85. The van der Waals surface area contributed by atoms with Gasteiger partial charge < -0.3 is 15.2 Å². The highest BCUT2D eigenvalue weighted by atomic mass is 35.5. The van der Waals surface area contributed by atoms with E-state index in [4.69, 9.17) is 15.2 Å². The molecule has 0 spiro atoms. The van der Waals surface area contributed by atoms with E-state index in [0.29, 0.717) is 25.8 Å². The Kier molecular flexibility index (Phi) is 9.39. The zero-order valence-corrected chi connectivity index (χ0v) is 12.8. The predicted octanol–water partition coefficient (Wildman–Crippen LogP) is 2.16. The van der Waals surface area contributed by atoms with Gasteiger partial charge in [0.2, 0.25) is 0 Å². The average Bonchev–Trinajstić information content (AvgIpc) is 2.40. The number of benzene rings is 1. The molecule has 5 heteroatoms. The van der Waals surface area contributed by atoms with Gasteiger partial charge in [-0.05, 0) is 33.0 Å². The summed E-state index contributed by atoms with van der Waals surface area (Å²) in [5.74, 6) is 1.60. The number of rotatable bonds is 8. The fourth-order valence-corrected chi connectivity index (χ4v) is 1.54. The highest BCUT2D eigenvalue weighted by Crippen LogP contribution is 2.26. The molecule has 0 aliphatic rings. The molecule has 0 amide bonds. The number of hydrogen-bond donors (Lipinski definition) is 1. The van der Waals surface area contributed by atoms with Gasteiger partial charge in [-0.15, -0.1) is 12.4 Å². The summed E-state index contributed by atoms with van der Waals surface area (Å²) in [5.41, 5.74) is 5.62. The van der Waals surface area contributed by atoms with Crippen LogP contribution in [0.5, 0.6) is 11.5 Å². The van der Waals surface area contributed by atoms with Gasteiger partial charge in [-0.1, -0.05) is 12.1 Å². The summed E-state index contributed by atoms with van der Waals surface area (Å²) in [7, 11) is 2.05. The molecule has 1 aromatic rings. The zero-order chi connectivity index (χ0) is 13.4. The Morgan fingerprint density at radius 3 is 2.32 bits per heavy atom. The maximum absolute atomic E-state index is 5.75. The molecule has 1 rings (SSSR count). The van der Waals surface area contributed by atoms with Gasteiger partial charge in [-0.2, -0.15) is 0 Å². The van der Waals surface area contributed by atoms with E-state index in [0.717, 1.165) is 18.0 Å². The van der Waals surface area contributed by atoms with E-state index in [1.54, 1.807) is 0 Å². The van der Waals surface area contributed by atoms with Crippen LogP contribution in [0.1, 0.15) is 13.8 Å². The van der Waals surface area contributed by atoms with Crippen LogP contribution in [0.25, 0.3) is 0 Å². The van der Waals surface area contributed by atoms with E-state index in [2.05, 4.69) is 18.9 Å². The molecule has 0 saturated carbocycles. The fraction of sp³-hybridized carbons (Fsp3) is 0.571. The number of para-hydroxylation sites is 2. The third-order valence-corrected chi connectivity index (χ3v) is 2.94. The van der Waals surface area contributed by atoms with Crippen molar-refractivity contribution in [2.75, 3.05) is 33.4 Å². The molecule has 0 heterocycles. The summed E-state index contributed by atoms with van der Waals surface area (Å²) < 4.78 is 11.3. The molecule has 0 bridgehead atoms. The average molecular weight is 289 g/mol. The van der Waals surface area contributed by atoms with Gasteiger partial charge in [0.1, 0.15) is 6.61 Å². The van der Waals surface area contributed by atoms with E-state index in [9.17, 15) is 0 Å². The Bertz CT molecular complexity index is 350. The third kappa shape index (κ3) is 6.14. The van der Waals surface area contributed by atoms with Crippen LogP contribution in [-0.4, -0.2) is 44.3 Å². The molecule has 0 aromatic heterocycles. The van der Waals surface area contributed by atoms with E-state index >= 15 is 0 Å². The molecular weight excluding hydrogens is 264 g/mol. The first-order valence-electron chi connectivity index (χ1n) is 6.44. The largest absolute Gasteiger partial charge is 0.490 e. The van der Waals surface area contributed by atoms with E-state index in [-0.39, 0.29) is 12.4 Å². The molecule has 110 valence electrons. The van der Waals surface area contributed by atoms with E-state index < -0.39 is 0 Å². The van der Waals surface area contributed by atoms with Crippen LogP contribution in [0.15, 0.2) is 24.3 Å². The second-order valence-corrected chi connectivity index (χ2v) is 4.29. The second kappa shape index (κ2) is 9.89. The van der Waals surface area contributed by atoms with Crippen molar-refractivity contribution in [3.8, 4) is 11.5 Å². The van der Waals surface area contributed by atoms with Crippen LogP contribution in [0.2, 0.25) is 0 Å². The van der Waals surface area contributed by atoms with Gasteiger partial charge in [-0.25, -0.2) is 0 Å². The lowest BCUT2D eigenvalue weighted by Crippen LogP contribution is -2.37. The first-order valence-corrected chi connectivity index (χ1v) is 6.44. The van der Waals surface area contributed by atoms with Gasteiger partial charge in [0.05, 0.1) is 6.61 Å². The van der Waals surface area contributed by atoms with Crippen LogP contribution >= 0.6 is 12.4 Å². The molecule has 0 aliphatic heterocycles. The lowest BCUT2D eigenvalue weighted by atomic mass is 10.3. The predicted molar refractivity (Wildman–Crippen MR) is 81.5 cm³/mol. The number of halogens is 1. The summed E-state index contributed by atoms with van der Waals surface area (Å²) in [5, 5.41) is 0. The number of nitrogens with two attached hydrogens (primary N) is 1. The Balaban J connectivity index is 0.00000324. The van der Waals surface area contributed by atoms with Crippen LogP contribution < -0.4 is 15.2 Å². The molecule has 0 saturated heterocycles. The van der Waals surface area contributed by atoms with Gasteiger partial charge in [0.25, 0.3) is 0 Å². The summed E-state index contributed by atoms with van der Waals surface area (Å²) in [6.45, 7) is 6.85. The quantitative estimate of drug-likeness (QED) is 0.796. The minimum atomic E-state index is 0. The molecule has 0 radical (unpaired) electrons. The molecular formula is C14H25ClN2O2. The molecule has 4 nitrogen and oxygen atoms in total. The topological polar surface area (TPSA) is 47.7 Å². The minimum absolute atomic E-state index is 0. The van der Waals surface area contributed by atoms with Crippen molar-refractivity contribution in [1.29, 1.82) is 0 Å². The van der Waals surface area contributed by atoms with Crippen molar-refractivity contribution in [2.24, 2.45) is 5.73 Å². The Hall–Kier alpha value is -0.970. The number of nitrogens with zero attached hydrogens (tertiary/aromatic N) is 1. The van der Waals surface area contributed by atoms with Crippen LogP contribution in [-0.2, 0) is 0 Å².